The van der Waals surface area contributed by atoms with Gasteiger partial charge in [0, 0.05) is 6.42 Å². The number of Topliss-reactive ketones (excluding diaryl/α,β-unsaturated/α-hetero) is 1. The lowest BCUT2D eigenvalue weighted by atomic mass is 9.93. The van der Waals surface area contributed by atoms with Crippen LogP contribution < -0.4 is 0 Å². The number of aryl methyl sites for hydroxylation is 1. The summed E-state index contributed by atoms with van der Waals surface area (Å²) in [5, 5.41) is 9.69. The fourth-order valence-electron chi connectivity index (χ4n) is 1.86. The van der Waals surface area contributed by atoms with Crippen molar-refractivity contribution in [2.24, 2.45) is 5.92 Å². The summed E-state index contributed by atoms with van der Waals surface area (Å²) in [6.07, 6.45) is 1.34. The third-order valence-corrected chi connectivity index (χ3v) is 2.57. The number of carbonyl (C=O) groups is 1. The van der Waals surface area contributed by atoms with Crippen LogP contribution in [-0.4, -0.2) is 10.9 Å². The Hall–Kier alpha value is -1.31. The third kappa shape index (κ3) is 3.39. The van der Waals surface area contributed by atoms with Gasteiger partial charge in [0.2, 0.25) is 0 Å². The molecule has 0 aliphatic carbocycles. The van der Waals surface area contributed by atoms with Crippen molar-refractivity contribution in [1.29, 1.82) is 0 Å². The van der Waals surface area contributed by atoms with E-state index in [1.807, 2.05) is 26.0 Å². The molecule has 1 atom stereocenters. The van der Waals surface area contributed by atoms with Crippen molar-refractivity contribution >= 4 is 5.78 Å². The molecule has 1 N–H and O–H groups in total. The second kappa shape index (κ2) is 4.96. The van der Waals surface area contributed by atoms with Crippen LogP contribution in [0.4, 0.5) is 0 Å². The lowest BCUT2D eigenvalue weighted by Gasteiger charge is -2.13. The first kappa shape index (κ1) is 11.8. The number of aromatic hydroxyl groups is 1. The Labute approximate surface area is 90.9 Å². The number of phenolic OH excluding ortho intramolecular Hbond substituents is 1. The summed E-state index contributed by atoms with van der Waals surface area (Å²) in [4.78, 5) is 11.0. The van der Waals surface area contributed by atoms with E-state index in [0.717, 1.165) is 17.5 Å². The van der Waals surface area contributed by atoms with Crippen LogP contribution in [0.3, 0.4) is 0 Å². The van der Waals surface area contributed by atoms with Crippen LogP contribution in [0.5, 0.6) is 5.75 Å². The zero-order valence-corrected chi connectivity index (χ0v) is 9.58. The Morgan fingerprint density at radius 1 is 1.47 bits per heavy atom. The first-order chi connectivity index (χ1) is 7.00. The zero-order chi connectivity index (χ0) is 11.4. The molecule has 15 heavy (non-hydrogen) atoms. The standard InChI is InChI=1S/C13H18O2/c1-9(7-11(3)14)8-12-10(2)5-4-6-13(12)15/h4-6,9,15H,7-8H2,1-3H3. The minimum Gasteiger partial charge on any atom is -0.508 e. The fraction of sp³-hybridized carbons (Fsp3) is 0.462. The molecule has 1 aromatic rings. The first-order valence-electron chi connectivity index (χ1n) is 5.27. The average molecular weight is 206 g/mol. The minimum absolute atomic E-state index is 0.204. The molecule has 82 valence electrons. The molecule has 1 rings (SSSR count). The van der Waals surface area contributed by atoms with Crippen LogP contribution in [0, 0.1) is 12.8 Å². The van der Waals surface area contributed by atoms with E-state index in [0.29, 0.717) is 12.2 Å². The summed E-state index contributed by atoms with van der Waals surface area (Å²) in [7, 11) is 0. The Morgan fingerprint density at radius 3 is 2.67 bits per heavy atom. The molecular weight excluding hydrogens is 188 g/mol. The lowest BCUT2D eigenvalue weighted by Crippen LogP contribution is -2.06. The van der Waals surface area contributed by atoms with Gasteiger partial charge in [-0.05, 0) is 43.4 Å². The predicted octanol–water partition coefficient (Wildman–Crippen LogP) is 2.86. The van der Waals surface area contributed by atoms with Crippen molar-refractivity contribution in [3.63, 3.8) is 0 Å². The summed E-state index contributed by atoms with van der Waals surface area (Å²) < 4.78 is 0. The largest absolute Gasteiger partial charge is 0.508 e. The van der Waals surface area contributed by atoms with Gasteiger partial charge in [-0.15, -0.1) is 0 Å². The molecular formula is C13H18O2. The Morgan fingerprint density at radius 2 is 2.13 bits per heavy atom. The topological polar surface area (TPSA) is 37.3 Å². The Bertz CT molecular complexity index is 335. The molecule has 0 fully saturated rings. The SMILES string of the molecule is CC(=O)CC(C)Cc1c(C)cccc1O. The highest BCUT2D eigenvalue weighted by molar-refractivity contribution is 5.75. The molecule has 0 aliphatic rings. The normalized spacial score (nSPS) is 12.5. The minimum atomic E-state index is 0.204. The van der Waals surface area contributed by atoms with E-state index in [1.165, 1.54) is 0 Å². The van der Waals surface area contributed by atoms with Gasteiger partial charge in [0.1, 0.15) is 11.5 Å². The summed E-state index contributed by atoms with van der Waals surface area (Å²) >= 11 is 0. The third-order valence-electron chi connectivity index (χ3n) is 2.57. The maximum Gasteiger partial charge on any atom is 0.130 e. The van der Waals surface area contributed by atoms with E-state index in [1.54, 1.807) is 13.0 Å². The number of benzene rings is 1. The summed E-state index contributed by atoms with van der Waals surface area (Å²) in [6, 6.07) is 5.52. The predicted molar refractivity (Wildman–Crippen MR) is 61.0 cm³/mol. The van der Waals surface area contributed by atoms with Gasteiger partial charge in [0.15, 0.2) is 0 Å². The van der Waals surface area contributed by atoms with Gasteiger partial charge in [0.05, 0.1) is 0 Å². The molecule has 0 aliphatic heterocycles. The molecule has 2 heteroatoms. The second-order valence-electron chi connectivity index (χ2n) is 4.29. The van der Waals surface area contributed by atoms with Crippen molar-refractivity contribution in [1.82, 2.24) is 0 Å². The van der Waals surface area contributed by atoms with E-state index in [9.17, 15) is 9.90 Å². The van der Waals surface area contributed by atoms with Crippen molar-refractivity contribution < 1.29 is 9.90 Å². The highest BCUT2D eigenvalue weighted by Crippen LogP contribution is 2.24. The smallest absolute Gasteiger partial charge is 0.130 e. The number of rotatable bonds is 4. The van der Waals surface area contributed by atoms with Crippen molar-refractivity contribution in [3.05, 3.63) is 29.3 Å². The quantitative estimate of drug-likeness (QED) is 0.822. The van der Waals surface area contributed by atoms with Crippen LogP contribution in [0.2, 0.25) is 0 Å². The number of hydrogen-bond donors (Lipinski definition) is 1. The molecule has 1 aromatic carbocycles. The highest BCUT2D eigenvalue weighted by atomic mass is 16.3. The van der Waals surface area contributed by atoms with Gasteiger partial charge in [-0.3, -0.25) is 0 Å². The molecule has 0 amide bonds. The van der Waals surface area contributed by atoms with Crippen LogP contribution in [0.1, 0.15) is 31.4 Å². The number of hydrogen-bond acceptors (Lipinski definition) is 2. The molecule has 2 nitrogen and oxygen atoms in total. The van der Waals surface area contributed by atoms with Gasteiger partial charge in [0.25, 0.3) is 0 Å². The highest BCUT2D eigenvalue weighted by Gasteiger charge is 2.11. The van der Waals surface area contributed by atoms with Crippen LogP contribution in [0.15, 0.2) is 18.2 Å². The summed E-state index contributed by atoms with van der Waals surface area (Å²) in [6.45, 7) is 5.62. The van der Waals surface area contributed by atoms with Gasteiger partial charge < -0.3 is 9.90 Å². The fourth-order valence-corrected chi connectivity index (χ4v) is 1.86. The molecule has 0 heterocycles. The second-order valence-corrected chi connectivity index (χ2v) is 4.29. The van der Waals surface area contributed by atoms with Gasteiger partial charge in [-0.25, -0.2) is 0 Å². The maximum absolute atomic E-state index is 11.0. The van der Waals surface area contributed by atoms with Gasteiger partial charge in [-0.1, -0.05) is 19.1 Å². The first-order valence-corrected chi connectivity index (χ1v) is 5.27. The number of phenols is 1. The van der Waals surface area contributed by atoms with E-state index in [4.69, 9.17) is 0 Å². The van der Waals surface area contributed by atoms with E-state index in [-0.39, 0.29) is 11.7 Å². The summed E-state index contributed by atoms with van der Waals surface area (Å²) in [5.74, 6) is 0.829. The van der Waals surface area contributed by atoms with E-state index in [2.05, 4.69) is 0 Å². The number of ketones is 1. The number of carbonyl (C=O) groups excluding carboxylic acids is 1. The van der Waals surface area contributed by atoms with Crippen molar-refractivity contribution in [2.75, 3.05) is 0 Å². The maximum atomic E-state index is 11.0. The van der Waals surface area contributed by atoms with Gasteiger partial charge >= 0.3 is 0 Å². The van der Waals surface area contributed by atoms with E-state index >= 15 is 0 Å². The molecule has 1 unspecified atom stereocenters. The lowest BCUT2D eigenvalue weighted by molar-refractivity contribution is -0.117. The van der Waals surface area contributed by atoms with Crippen LogP contribution >= 0.6 is 0 Å². The van der Waals surface area contributed by atoms with Crippen molar-refractivity contribution in [3.8, 4) is 5.75 Å². The molecule has 0 aromatic heterocycles. The van der Waals surface area contributed by atoms with Crippen molar-refractivity contribution in [2.45, 2.75) is 33.6 Å². The zero-order valence-electron chi connectivity index (χ0n) is 9.58. The Kier molecular flexibility index (Phi) is 3.89. The summed E-state index contributed by atoms with van der Waals surface area (Å²) in [5.41, 5.74) is 2.05. The molecule has 0 radical (unpaired) electrons. The van der Waals surface area contributed by atoms with Crippen LogP contribution in [0.25, 0.3) is 0 Å². The molecule has 0 bridgehead atoms. The molecule has 0 spiro atoms. The Balaban J connectivity index is 2.76. The molecule has 0 saturated heterocycles. The average Bonchev–Trinajstić information content (AvgIpc) is 2.10. The molecule has 0 saturated carbocycles. The van der Waals surface area contributed by atoms with Crippen LogP contribution in [-0.2, 0) is 11.2 Å². The monoisotopic (exact) mass is 206 g/mol. The van der Waals surface area contributed by atoms with Gasteiger partial charge in [-0.2, -0.15) is 0 Å². The van der Waals surface area contributed by atoms with E-state index < -0.39 is 0 Å².